The Morgan fingerprint density at radius 2 is 1.94 bits per heavy atom. The Morgan fingerprint density at radius 3 is 2.58 bits per heavy atom. The molecular formula is C24H27F3IN3O2. The van der Waals surface area contributed by atoms with Crippen LogP contribution in [0, 0.1) is 18.8 Å². The SMILES string of the molecule is CN=C(NCC#Cc1ccc(C(F)(F)F)cc1)NCc1ccc(C)cc1OC1CCOC1.I. The molecule has 0 spiro atoms. The average molecular weight is 573 g/mol. The number of nitrogens with one attached hydrogen (secondary N) is 2. The number of hydrogen-bond donors (Lipinski definition) is 2. The van der Waals surface area contributed by atoms with E-state index in [9.17, 15) is 13.2 Å². The number of halogens is 4. The van der Waals surface area contributed by atoms with Crippen molar-refractivity contribution < 1.29 is 22.6 Å². The van der Waals surface area contributed by atoms with E-state index in [4.69, 9.17) is 9.47 Å². The number of nitrogens with zero attached hydrogens (tertiary/aromatic N) is 1. The van der Waals surface area contributed by atoms with Crippen LogP contribution < -0.4 is 15.4 Å². The number of alkyl halides is 3. The Bertz CT molecular complexity index is 993. The lowest BCUT2D eigenvalue weighted by molar-refractivity contribution is -0.137. The van der Waals surface area contributed by atoms with Gasteiger partial charge in [-0.25, -0.2) is 0 Å². The number of rotatable bonds is 5. The molecule has 1 saturated heterocycles. The summed E-state index contributed by atoms with van der Waals surface area (Å²) >= 11 is 0. The first-order valence-corrected chi connectivity index (χ1v) is 10.3. The van der Waals surface area contributed by atoms with Gasteiger partial charge in [-0.1, -0.05) is 24.0 Å². The summed E-state index contributed by atoms with van der Waals surface area (Å²) in [7, 11) is 1.65. The van der Waals surface area contributed by atoms with Crippen LogP contribution in [0.1, 0.15) is 28.7 Å². The molecule has 1 unspecified atom stereocenters. The highest BCUT2D eigenvalue weighted by molar-refractivity contribution is 14.0. The summed E-state index contributed by atoms with van der Waals surface area (Å²) in [5.74, 6) is 7.11. The Hall–Kier alpha value is -2.45. The van der Waals surface area contributed by atoms with Gasteiger partial charge in [0, 0.05) is 31.1 Å². The largest absolute Gasteiger partial charge is 0.488 e. The van der Waals surface area contributed by atoms with Crippen LogP contribution in [0.2, 0.25) is 0 Å². The molecule has 0 aromatic heterocycles. The summed E-state index contributed by atoms with van der Waals surface area (Å²) < 4.78 is 49.3. The van der Waals surface area contributed by atoms with E-state index in [2.05, 4.69) is 27.5 Å². The molecule has 178 valence electrons. The monoisotopic (exact) mass is 573 g/mol. The van der Waals surface area contributed by atoms with E-state index in [1.807, 2.05) is 25.1 Å². The average Bonchev–Trinajstić information content (AvgIpc) is 3.27. The van der Waals surface area contributed by atoms with E-state index in [1.165, 1.54) is 12.1 Å². The molecule has 1 fully saturated rings. The molecule has 0 amide bonds. The standard InChI is InChI=1S/C24H26F3N3O2.HI/c1-17-5-8-19(22(14-17)32-21-11-13-31-16-21)15-30-23(28-2)29-12-3-4-18-6-9-20(10-7-18)24(25,26)27;/h5-10,14,21H,11-13,15-16H2,1-2H3,(H2,28,29,30);1H. The number of aliphatic imine (C=N–C) groups is 1. The van der Waals surface area contributed by atoms with Crippen molar-refractivity contribution in [2.75, 3.05) is 26.8 Å². The van der Waals surface area contributed by atoms with E-state index in [-0.39, 0.29) is 36.6 Å². The summed E-state index contributed by atoms with van der Waals surface area (Å²) in [6.07, 6.45) is -3.41. The van der Waals surface area contributed by atoms with Crippen LogP contribution in [0.15, 0.2) is 47.5 Å². The van der Waals surface area contributed by atoms with Crippen molar-refractivity contribution in [3.63, 3.8) is 0 Å². The molecule has 1 heterocycles. The number of aryl methyl sites for hydroxylation is 1. The van der Waals surface area contributed by atoms with Gasteiger partial charge in [-0.15, -0.1) is 24.0 Å². The van der Waals surface area contributed by atoms with Crippen LogP contribution in [0.3, 0.4) is 0 Å². The summed E-state index contributed by atoms with van der Waals surface area (Å²) in [4.78, 5) is 4.18. The predicted octanol–water partition coefficient (Wildman–Crippen LogP) is 4.52. The molecule has 0 saturated carbocycles. The van der Waals surface area contributed by atoms with Crippen molar-refractivity contribution in [2.45, 2.75) is 32.2 Å². The maximum Gasteiger partial charge on any atom is 0.416 e. The first-order chi connectivity index (χ1) is 15.3. The first-order valence-electron chi connectivity index (χ1n) is 10.3. The van der Waals surface area contributed by atoms with E-state index in [1.54, 1.807) is 7.05 Å². The molecule has 5 nitrogen and oxygen atoms in total. The molecule has 2 N–H and O–H groups in total. The lowest BCUT2D eigenvalue weighted by atomic mass is 10.1. The van der Waals surface area contributed by atoms with Crippen molar-refractivity contribution in [2.24, 2.45) is 4.99 Å². The van der Waals surface area contributed by atoms with Gasteiger partial charge in [-0.3, -0.25) is 4.99 Å². The topological polar surface area (TPSA) is 54.9 Å². The van der Waals surface area contributed by atoms with Gasteiger partial charge in [0.05, 0.1) is 25.3 Å². The minimum absolute atomic E-state index is 0. The molecule has 2 aromatic carbocycles. The molecule has 1 aliphatic rings. The number of guanidine groups is 1. The fourth-order valence-electron chi connectivity index (χ4n) is 3.12. The first kappa shape index (κ1) is 26.8. The smallest absolute Gasteiger partial charge is 0.416 e. The number of benzene rings is 2. The van der Waals surface area contributed by atoms with Crippen LogP contribution in [-0.2, 0) is 17.5 Å². The van der Waals surface area contributed by atoms with Crippen molar-refractivity contribution in [3.05, 3.63) is 64.7 Å². The van der Waals surface area contributed by atoms with Crippen LogP contribution in [0.25, 0.3) is 0 Å². The lowest BCUT2D eigenvalue weighted by Crippen LogP contribution is -2.37. The minimum Gasteiger partial charge on any atom is -0.488 e. The van der Waals surface area contributed by atoms with Gasteiger partial charge in [0.25, 0.3) is 0 Å². The Balaban J connectivity index is 0.00000385. The maximum absolute atomic E-state index is 12.6. The van der Waals surface area contributed by atoms with Gasteiger partial charge in [-0.05, 0) is 42.8 Å². The Labute approximate surface area is 209 Å². The van der Waals surface area contributed by atoms with Crippen LogP contribution in [-0.4, -0.2) is 38.9 Å². The zero-order valence-corrected chi connectivity index (χ0v) is 20.8. The van der Waals surface area contributed by atoms with Crippen LogP contribution >= 0.6 is 24.0 Å². The second-order valence-corrected chi connectivity index (χ2v) is 7.37. The van der Waals surface area contributed by atoms with E-state index >= 15 is 0 Å². The van der Waals surface area contributed by atoms with Gasteiger partial charge in [0.15, 0.2) is 5.96 Å². The molecule has 9 heteroatoms. The maximum atomic E-state index is 12.6. The third-order valence-corrected chi connectivity index (χ3v) is 4.86. The predicted molar refractivity (Wildman–Crippen MR) is 133 cm³/mol. The molecule has 33 heavy (non-hydrogen) atoms. The van der Waals surface area contributed by atoms with Gasteiger partial charge >= 0.3 is 6.18 Å². The van der Waals surface area contributed by atoms with E-state index in [0.717, 1.165) is 35.4 Å². The molecule has 1 atom stereocenters. The Kier molecular flexibility index (Phi) is 10.3. The van der Waals surface area contributed by atoms with Gasteiger partial charge in [-0.2, -0.15) is 13.2 Å². The highest BCUT2D eigenvalue weighted by Gasteiger charge is 2.29. The molecule has 0 aliphatic carbocycles. The summed E-state index contributed by atoms with van der Waals surface area (Å²) in [6.45, 7) is 4.13. The molecule has 0 radical (unpaired) electrons. The van der Waals surface area contributed by atoms with Crippen molar-refractivity contribution in [1.29, 1.82) is 0 Å². The highest BCUT2D eigenvalue weighted by atomic mass is 127. The molecule has 0 bridgehead atoms. The normalized spacial score (nSPS) is 15.8. The fourth-order valence-corrected chi connectivity index (χ4v) is 3.12. The summed E-state index contributed by atoms with van der Waals surface area (Å²) in [5, 5.41) is 6.30. The van der Waals surface area contributed by atoms with E-state index < -0.39 is 11.7 Å². The van der Waals surface area contributed by atoms with Crippen molar-refractivity contribution in [3.8, 4) is 17.6 Å². The number of hydrogen-bond acceptors (Lipinski definition) is 3. The van der Waals surface area contributed by atoms with Crippen LogP contribution in [0.5, 0.6) is 5.75 Å². The molecule has 2 aromatic rings. The third-order valence-electron chi connectivity index (χ3n) is 4.86. The van der Waals surface area contributed by atoms with Gasteiger partial charge in [0.1, 0.15) is 11.9 Å². The van der Waals surface area contributed by atoms with Crippen LogP contribution in [0.4, 0.5) is 13.2 Å². The van der Waals surface area contributed by atoms with Crippen molar-refractivity contribution >= 4 is 29.9 Å². The summed E-state index contributed by atoms with van der Waals surface area (Å²) in [6, 6.07) is 10.8. The minimum atomic E-state index is -4.35. The second kappa shape index (κ2) is 12.7. The third kappa shape index (κ3) is 8.44. The van der Waals surface area contributed by atoms with Gasteiger partial charge < -0.3 is 20.1 Å². The summed E-state index contributed by atoms with van der Waals surface area (Å²) in [5.41, 5.74) is 1.94. The zero-order valence-electron chi connectivity index (χ0n) is 18.5. The Morgan fingerprint density at radius 1 is 1.18 bits per heavy atom. The second-order valence-electron chi connectivity index (χ2n) is 7.37. The molecule has 1 aliphatic heterocycles. The van der Waals surface area contributed by atoms with Gasteiger partial charge in [0.2, 0.25) is 0 Å². The van der Waals surface area contributed by atoms with E-state index in [0.29, 0.717) is 31.3 Å². The fraction of sp³-hybridized carbons (Fsp3) is 0.375. The molecule has 3 rings (SSSR count). The van der Waals surface area contributed by atoms with Crippen molar-refractivity contribution in [1.82, 2.24) is 10.6 Å². The number of ether oxygens (including phenoxy) is 2. The lowest BCUT2D eigenvalue weighted by Gasteiger charge is -2.17. The highest BCUT2D eigenvalue weighted by Crippen LogP contribution is 2.29. The quantitative estimate of drug-likeness (QED) is 0.239. The zero-order chi connectivity index (χ0) is 23.0. The molecular weight excluding hydrogens is 546 g/mol.